The van der Waals surface area contributed by atoms with Crippen LogP contribution in [-0.2, 0) is 4.74 Å². The molecule has 2 heterocycles. The number of nitrogens with zero attached hydrogens (tertiary/aromatic N) is 3. The molecule has 2 aliphatic rings. The van der Waals surface area contributed by atoms with E-state index in [1.807, 2.05) is 25.7 Å². The summed E-state index contributed by atoms with van der Waals surface area (Å²) < 4.78 is 5.64. The van der Waals surface area contributed by atoms with Crippen LogP contribution in [0.1, 0.15) is 66.2 Å². The number of carbonyl (C=O) groups is 1. The van der Waals surface area contributed by atoms with Gasteiger partial charge in [0, 0.05) is 38.3 Å². The van der Waals surface area contributed by atoms with Gasteiger partial charge in [-0.2, -0.15) is 0 Å². The van der Waals surface area contributed by atoms with Gasteiger partial charge in [-0.1, -0.05) is 13.3 Å². The molecule has 1 N–H and O–H groups in total. The Morgan fingerprint density at radius 1 is 1.07 bits per heavy atom. The molecule has 2 saturated heterocycles. The van der Waals surface area contributed by atoms with Crippen molar-refractivity contribution < 1.29 is 14.6 Å². The molecule has 0 aromatic carbocycles. The number of amides is 1. The van der Waals surface area contributed by atoms with Crippen LogP contribution in [0, 0.1) is 0 Å². The van der Waals surface area contributed by atoms with E-state index in [1.54, 1.807) is 0 Å². The van der Waals surface area contributed by atoms with Crippen molar-refractivity contribution in [2.24, 2.45) is 0 Å². The lowest BCUT2D eigenvalue weighted by atomic mass is 9.99. The van der Waals surface area contributed by atoms with Crippen molar-refractivity contribution >= 4 is 6.09 Å². The van der Waals surface area contributed by atoms with Gasteiger partial charge in [-0.25, -0.2) is 4.79 Å². The standard InChI is InChI=1S/C21H41N3O3/c1-5-23-12-8-6-10-18(23)16-22(14-15-25)17-19-11-7-9-13-24(19)20(26)27-21(2,3)4/h18-19,25H,5-17H2,1-4H3. The Hall–Kier alpha value is -0.850. The molecule has 0 saturated carbocycles. The summed E-state index contributed by atoms with van der Waals surface area (Å²) in [5, 5.41) is 9.59. The van der Waals surface area contributed by atoms with Gasteiger partial charge in [0.15, 0.2) is 0 Å². The Kier molecular flexibility index (Phi) is 8.83. The highest BCUT2D eigenvalue weighted by atomic mass is 16.6. The van der Waals surface area contributed by atoms with Crippen molar-refractivity contribution in [3.05, 3.63) is 0 Å². The van der Waals surface area contributed by atoms with Crippen LogP contribution in [-0.4, -0.2) is 89.5 Å². The number of piperidine rings is 2. The number of rotatable bonds is 7. The second-order valence-corrected chi connectivity index (χ2v) is 9.08. The summed E-state index contributed by atoms with van der Waals surface area (Å²) in [6.45, 7) is 13.7. The van der Waals surface area contributed by atoms with Gasteiger partial charge in [0.05, 0.1) is 6.61 Å². The van der Waals surface area contributed by atoms with E-state index in [0.29, 0.717) is 12.6 Å². The van der Waals surface area contributed by atoms with Gasteiger partial charge < -0.3 is 14.7 Å². The second kappa shape index (κ2) is 10.6. The maximum atomic E-state index is 12.7. The number of carbonyl (C=O) groups excluding carboxylic acids is 1. The molecule has 6 heteroatoms. The van der Waals surface area contributed by atoms with Gasteiger partial charge in [-0.3, -0.25) is 9.80 Å². The van der Waals surface area contributed by atoms with Crippen molar-refractivity contribution in [1.82, 2.24) is 14.7 Å². The molecule has 2 atom stereocenters. The number of hydrogen-bond acceptors (Lipinski definition) is 5. The number of aliphatic hydroxyl groups is 1. The molecule has 2 unspecified atom stereocenters. The van der Waals surface area contributed by atoms with Crippen LogP contribution in [0.3, 0.4) is 0 Å². The van der Waals surface area contributed by atoms with E-state index >= 15 is 0 Å². The summed E-state index contributed by atoms with van der Waals surface area (Å²) in [7, 11) is 0. The van der Waals surface area contributed by atoms with Crippen LogP contribution >= 0.6 is 0 Å². The highest BCUT2D eigenvalue weighted by Crippen LogP contribution is 2.23. The summed E-state index contributed by atoms with van der Waals surface area (Å²) >= 11 is 0. The highest BCUT2D eigenvalue weighted by molar-refractivity contribution is 5.68. The third-order valence-corrected chi connectivity index (χ3v) is 5.76. The van der Waals surface area contributed by atoms with Crippen LogP contribution in [0.15, 0.2) is 0 Å². The topological polar surface area (TPSA) is 56.2 Å². The molecule has 0 aromatic rings. The summed E-state index contributed by atoms with van der Waals surface area (Å²) in [6, 6.07) is 0.743. The van der Waals surface area contributed by atoms with Gasteiger partial charge in [-0.05, 0) is 66.0 Å². The molecule has 0 radical (unpaired) electrons. The Balaban J connectivity index is 2.00. The predicted octanol–water partition coefficient (Wildman–Crippen LogP) is 2.94. The lowest BCUT2D eigenvalue weighted by Crippen LogP contribution is -2.54. The number of hydrogen-bond donors (Lipinski definition) is 1. The number of likely N-dealkylation sites (N-methyl/N-ethyl adjacent to an activating group) is 1. The molecule has 0 spiro atoms. The van der Waals surface area contributed by atoms with Crippen molar-refractivity contribution in [3.63, 3.8) is 0 Å². The van der Waals surface area contributed by atoms with Crippen LogP contribution in [0.2, 0.25) is 0 Å². The predicted molar refractivity (Wildman–Crippen MR) is 109 cm³/mol. The quantitative estimate of drug-likeness (QED) is 0.732. The van der Waals surface area contributed by atoms with E-state index in [4.69, 9.17) is 4.74 Å². The molecule has 2 rings (SSSR count). The molecule has 2 fully saturated rings. The fourth-order valence-electron chi connectivity index (χ4n) is 4.43. The normalized spacial score (nSPS) is 25.0. The van der Waals surface area contributed by atoms with Gasteiger partial charge in [0.2, 0.25) is 0 Å². The zero-order valence-electron chi connectivity index (χ0n) is 18.0. The third-order valence-electron chi connectivity index (χ3n) is 5.76. The van der Waals surface area contributed by atoms with E-state index in [-0.39, 0.29) is 18.7 Å². The average Bonchev–Trinajstić information content (AvgIpc) is 2.61. The largest absolute Gasteiger partial charge is 0.444 e. The SMILES string of the molecule is CCN1CCCCC1CN(CCO)CC1CCCCN1C(=O)OC(C)(C)C. The fourth-order valence-corrected chi connectivity index (χ4v) is 4.43. The first-order chi connectivity index (χ1) is 12.8. The van der Waals surface area contributed by atoms with Crippen LogP contribution in [0.25, 0.3) is 0 Å². The summed E-state index contributed by atoms with van der Waals surface area (Å²) in [4.78, 5) is 19.5. The number of ether oxygens (including phenoxy) is 1. The van der Waals surface area contributed by atoms with Gasteiger partial charge in [0.25, 0.3) is 0 Å². The first-order valence-electron chi connectivity index (χ1n) is 10.9. The lowest BCUT2D eigenvalue weighted by Gasteiger charge is -2.42. The fraction of sp³-hybridized carbons (Fsp3) is 0.952. The Labute approximate surface area is 165 Å². The van der Waals surface area contributed by atoms with Gasteiger partial charge >= 0.3 is 6.09 Å². The molecule has 1 amide bonds. The van der Waals surface area contributed by atoms with E-state index < -0.39 is 5.60 Å². The smallest absolute Gasteiger partial charge is 0.410 e. The van der Waals surface area contributed by atoms with Crippen LogP contribution in [0.5, 0.6) is 0 Å². The van der Waals surface area contributed by atoms with Gasteiger partial charge in [-0.15, -0.1) is 0 Å². The molecular weight excluding hydrogens is 342 g/mol. The monoisotopic (exact) mass is 383 g/mol. The maximum Gasteiger partial charge on any atom is 0.410 e. The zero-order valence-corrected chi connectivity index (χ0v) is 18.0. The highest BCUT2D eigenvalue weighted by Gasteiger charge is 2.32. The van der Waals surface area contributed by atoms with E-state index in [2.05, 4.69) is 16.7 Å². The second-order valence-electron chi connectivity index (χ2n) is 9.08. The summed E-state index contributed by atoms with van der Waals surface area (Å²) in [5.74, 6) is 0. The lowest BCUT2D eigenvalue weighted by molar-refractivity contribution is 0.00219. The molecule has 27 heavy (non-hydrogen) atoms. The Bertz CT molecular complexity index is 452. The molecular formula is C21H41N3O3. The number of likely N-dealkylation sites (tertiary alicyclic amines) is 2. The van der Waals surface area contributed by atoms with Gasteiger partial charge in [0.1, 0.15) is 5.60 Å². The summed E-state index contributed by atoms with van der Waals surface area (Å²) in [6.07, 6.45) is 6.84. The molecule has 0 aliphatic carbocycles. The molecule has 0 bridgehead atoms. The minimum Gasteiger partial charge on any atom is -0.444 e. The maximum absolute atomic E-state index is 12.7. The van der Waals surface area contributed by atoms with Crippen molar-refractivity contribution in [2.45, 2.75) is 83.9 Å². The third kappa shape index (κ3) is 7.24. The molecule has 6 nitrogen and oxygen atoms in total. The van der Waals surface area contributed by atoms with E-state index in [0.717, 1.165) is 45.4 Å². The van der Waals surface area contributed by atoms with Crippen molar-refractivity contribution in [2.75, 3.05) is 45.9 Å². The first-order valence-corrected chi connectivity index (χ1v) is 10.9. The molecule has 2 aliphatic heterocycles. The Morgan fingerprint density at radius 3 is 2.33 bits per heavy atom. The molecule has 0 aromatic heterocycles. The van der Waals surface area contributed by atoms with Crippen LogP contribution < -0.4 is 0 Å². The first kappa shape index (κ1) is 22.4. The van der Waals surface area contributed by atoms with Crippen LogP contribution in [0.4, 0.5) is 4.79 Å². The zero-order chi connectivity index (χ0) is 19.9. The summed E-state index contributed by atoms with van der Waals surface area (Å²) in [5.41, 5.74) is -0.465. The average molecular weight is 384 g/mol. The molecule has 158 valence electrons. The van der Waals surface area contributed by atoms with E-state index in [1.165, 1.54) is 25.8 Å². The van der Waals surface area contributed by atoms with Crippen molar-refractivity contribution in [1.29, 1.82) is 0 Å². The minimum absolute atomic E-state index is 0.165. The Morgan fingerprint density at radius 2 is 1.70 bits per heavy atom. The van der Waals surface area contributed by atoms with Crippen molar-refractivity contribution in [3.8, 4) is 0 Å². The van der Waals surface area contributed by atoms with E-state index in [9.17, 15) is 9.90 Å². The number of aliphatic hydroxyl groups excluding tert-OH is 1. The minimum atomic E-state index is -0.465.